The van der Waals surface area contributed by atoms with Gasteiger partial charge in [-0.1, -0.05) is 44.2 Å². The van der Waals surface area contributed by atoms with Crippen molar-refractivity contribution in [2.45, 2.75) is 39.3 Å². The lowest BCUT2D eigenvalue weighted by Gasteiger charge is -2.21. The van der Waals surface area contributed by atoms with E-state index in [1.54, 1.807) is 0 Å². The second-order valence-electron chi connectivity index (χ2n) is 4.82. The SMILES string of the molecule is CC(C)C[C@@H](N[C@H](C)c1ccccc1)C(=O)O. The Bertz CT molecular complexity index is 348. The number of hydrogen-bond acceptors (Lipinski definition) is 2. The number of carboxylic acid groups (broad SMARTS) is 1. The molecule has 0 spiro atoms. The Morgan fingerprint density at radius 1 is 1.24 bits per heavy atom. The summed E-state index contributed by atoms with van der Waals surface area (Å²) in [5.74, 6) is -0.409. The van der Waals surface area contributed by atoms with Crippen molar-refractivity contribution in [2.24, 2.45) is 5.92 Å². The summed E-state index contributed by atoms with van der Waals surface area (Å²) in [5.41, 5.74) is 1.11. The van der Waals surface area contributed by atoms with Crippen LogP contribution in [0.25, 0.3) is 0 Å². The predicted molar refractivity (Wildman–Crippen MR) is 68.9 cm³/mol. The minimum Gasteiger partial charge on any atom is -0.480 e. The molecule has 0 radical (unpaired) electrons. The average Bonchev–Trinajstić information content (AvgIpc) is 2.28. The van der Waals surface area contributed by atoms with Crippen LogP contribution in [-0.2, 0) is 4.79 Å². The molecule has 0 aliphatic heterocycles. The number of carbonyl (C=O) groups is 1. The summed E-state index contributed by atoms with van der Waals surface area (Å²) in [6, 6.07) is 9.47. The maximum atomic E-state index is 11.1. The first-order chi connectivity index (χ1) is 8.00. The van der Waals surface area contributed by atoms with Gasteiger partial charge >= 0.3 is 5.97 Å². The minimum absolute atomic E-state index is 0.0519. The van der Waals surface area contributed by atoms with Crippen molar-refractivity contribution in [2.75, 3.05) is 0 Å². The van der Waals surface area contributed by atoms with Crippen LogP contribution in [0, 0.1) is 5.92 Å². The Balaban J connectivity index is 2.64. The van der Waals surface area contributed by atoms with Crippen LogP contribution < -0.4 is 5.32 Å². The summed E-state index contributed by atoms with van der Waals surface area (Å²) < 4.78 is 0. The molecule has 2 atom stereocenters. The normalized spacial score (nSPS) is 14.6. The first kappa shape index (κ1) is 13.7. The van der Waals surface area contributed by atoms with Crippen LogP contribution in [0.5, 0.6) is 0 Å². The molecule has 0 unspecified atom stereocenters. The zero-order valence-electron chi connectivity index (χ0n) is 10.7. The maximum absolute atomic E-state index is 11.1. The predicted octanol–water partition coefficient (Wildman–Crippen LogP) is 2.84. The van der Waals surface area contributed by atoms with Crippen LogP contribution in [0.3, 0.4) is 0 Å². The molecule has 1 aromatic carbocycles. The first-order valence-corrected chi connectivity index (χ1v) is 6.04. The van der Waals surface area contributed by atoms with Gasteiger partial charge in [0.2, 0.25) is 0 Å². The molecule has 3 nitrogen and oxygen atoms in total. The van der Waals surface area contributed by atoms with Gasteiger partial charge in [0.25, 0.3) is 0 Å². The van der Waals surface area contributed by atoms with Gasteiger partial charge in [-0.2, -0.15) is 0 Å². The largest absolute Gasteiger partial charge is 0.480 e. The molecule has 0 aliphatic rings. The quantitative estimate of drug-likeness (QED) is 0.797. The van der Waals surface area contributed by atoms with E-state index in [1.807, 2.05) is 51.1 Å². The van der Waals surface area contributed by atoms with E-state index in [9.17, 15) is 4.79 Å². The van der Waals surface area contributed by atoms with Gasteiger partial charge < -0.3 is 5.11 Å². The summed E-state index contributed by atoms with van der Waals surface area (Å²) in [7, 11) is 0. The van der Waals surface area contributed by atoms with Gasteiger partial charge in [0.15, 0.2) is 0 Å². The molecule has 0 aromatic heterocycles. The molecule has 0 heterocycles. The fourth-order valence-electron chi connectivity index (χ4n) is 1.85. The number of hydrogen-bond donors (Lipinski definition) is 2. The van der Waals surface area contributed by atoms with Gasteiger partial charge in [-0.15, -0.1) is 0 Å². The number of aliphatic carboxylic acids is 1. The van der Waals surface area contributed by atoms with E-state index in [0.29, 0.717) is 12.3 Å². The molecule has 2 N–H and O–H groups in total. The van der Waals surface area contributed by atoms with Crippen LogP contribution >= 0.6 is 0 Å². The van der Waals surface area contributed by atoms with E-state index in [4.69, 9.17) is 5.11 Å². The Labute approximate surface area is 103 Å². The van der Waals surface area contributed by atoms with Gasteiger partial charge in [-0.05, 0) is 24.8 Å². The first-order valence-electron chi connectivity index (χ1n) is 6.04. The lowest BCUT2D eigenvalue weighted by Crippen LogP contribution is -2.39. The molecule has 3 heteroatoms. The molecule has 1 aromatic rings. The van der Waals surface area contributed by atoms with Crippen LogP contribution in [0.4, 0.5) is 0 Å². The van der Waals surface area contributed by atoms with Crippen LogP contribution in [0.1, 0.15) is 38.8 Å². The molecule has 0 fully saturated rings. The minimum atomic E-state index is -0.776. The van der Waals surface area contributed by atoms with Crippen molar-refractivity contribution < 1.29 is 9.90 Å². The fraction of sp³-hybridized carbons (Fsp3) is 0.500. The van der Waals surface area contributed by atoms with Crippen LogP contribution in [0.15, 0.2) is 30.3 Å². The highest BCUT2D eigenvalue weighted by atomic mass is 16.4. The lowest BCUT2D eigenvalue weighted by atomic mass is 10.0. The Morgan fingerprint density at radius 2 is 1.82 bits per heavy atom. The lowest BCUT2D eigenvalue weighted by molar-refractivity contribution is -0.140. The summed E-state index contributed by atoms with van der Waals surface area (Å²) >= 11 is 0. The number of nitrogens with one attached hydrogen (secondary N) is 1. The highest BCUT2D eigenvalue weighted by molar-refractivity contribution is 5.73. The zero-order valence-corrected chi connectivity index (χ0v) is 10.7. The van der Waals surface area contributed by atoms with E-state index < -0.39 is 12.0 Å². The number of benzene rings is 1. The molecular weight excluding hydrogens is 214 g/mol. The van der Waals surface area contributed by atoms with E-state index in [1.165, 1.54) is 0 Å². The Kier molecular flexibility index (Phi) is 5.16. The van der Waals surface area contributed by atoms with Crippen molar-refractivity contribution in [3.8, 4) is 0 Å². The third kappa shape index (κ3) is 4.57. The standard InChI is InChI=1S/C14H21NO2/c1-10(2)9-13(14(16)17)15-11(3)12-7-5-4-6-8-12/h4-8,10-11,13,15H,9H2,1-3H3,(H,16,17)/t11-,13-/m1/s1. The third-order valence-corrected chi connectivity index (χ3v) is 2.76. The van der Waals surface area contributed by atoms with Gasteiger partial charge in [0, 0.05) is 6.04 Å². The van der Waals surface area contributed by atoms with Crippen molar-refractivity contribution in [1.29, 1.82) is 0 Å². The third-order valence-electron chi connectivity index (χ3n) is 2.76. The second-order valence-corrected chi connectivity index (χ2v) is 4.82. The van der Waals surface area contributed by atoms with E-state index in [2.05, 4.69) is 5.32 Å². The van der Waals surface area contributed by atoms with E-state index >= 15 is 0 Å². The van der Waals surface area contributed by atoms with Crippen molar-refractivity contribution in [3.05, 3.63) is 35.9 Å². The van der Waals surface area contributed by atoms with Crippen LogP contribution in [0.2, 0.25) is 0 Å². The molecule has 94 valence electrons. The fourth-order valence-corrected chi connectivity index (χ4v) is 1.85. The highest BCUT2D eigenvalue weighted by Gasteiger charge is 2.20. The molecule has 0 saturated heterocycles. The molecular formula is C14H21NO2. The smallest absolute Gasteiger partial charge is 0.320 e. The van der Waals surface area contributed by atoms with Gasteiger partial charge in [0.05, 0.1) is 0 Å². The number of carboxylic acids is 1. The van der Waals surface area contributed by atoms with Crippen molar-refractivity contribution in [3.63, 3.8) is 0 Å². The van der Waals surface area contributed by atoms with Crippen molar-refractivity contribution >= 4 is 5.97 Å². The monoisotopic (exact) mass is 235 g/mol. The Hall–Kier alpha value is -1.35. The zero-order chi connectivity index (χ0) is 12.8. The van der Waals surface area contributed by atoms with Crippen LogP contribution in [-0.4, -0.2) is 17.1 Å². The second kappa shape index (κ2) is 6.40. The maximum Gasteiger partial charge on any atom is 0.320 e. The summed E-state index contributed by atoms with van der Waals surface area (Å²) in [4.78, 5) is 11.1. The molecule has 0 bridgehead atoms. The average molecular weight is 235 g/mol. The Morgan fingerprint density at radius 3 is 2.29 bits per heavy atom. The highest BCUT2D eigenvalue weighted by Crippen LogP contribution is 2.14. The van der Waals surface area contributed by atoms with E-state index in [-0.39, 0.29) is 6.04 Å². The van der Waals surface area contributed by atoms with Gasteiger partial charge in [-0.25, -0.2) is 0 Å². The molecule has 1 rings (SSSR count). The summed E-state index contributed by atoms with van der Waals surface area (Å²) in [5, 5.41) is 12.3. The summed E-state index contributed by atoms with van der Waals surface area (Å²) in [6.07, 6.45) is 0.645. The molecule has 0 amide bonds. The van der Waals surface area contributed by atoms with Gasteiger partial charge in [-0.3, -0.25) is 10.1 Å². The number of rotatable bonds is 6. The molecule has 0 saturated carbocycles. The van der Waals surface area contributed by atoms with Gasteiger partial charge in [0.1, 0.15) is 6.04 Å². The topological polar surface area (TPSA) is 49.3 Å². The summed E-state index contributed by atoms with van der Waals surface area (Å²) in [6.45, 7) is 6.06. The van der Waals surface area contributed by atoms with Crippen molar-refractivity contribution in [1.82, 2.24) is 5.32 Å². The molecule has 17 heavy (non-hydrogen) atoms. The molecule has 0 aliphatic carbocycles. The van der Waals surface area contributed by atoms with E-state index in [0.717, 1.165) is 5.56 Å².